The van der Waals surface area contributed by atoms with Crippen molar-refractivity contribution < 1.29 is 19.1 Å². The van der Waals surface area contributed by atoms with E-state index in [1.165, 1.54) is 19.4 Å². The van der Waals surface area contributed by atoms with Gasteiger partial charge in [0.2, 0.25) is 0 Å². The number of rotatable bonds is 6. The SMILES string of the molecule is COC(=O)C1(C(=O)OC)CC[C@H]([Si](c2ccccc2)(C(C)C)C(C)C)[C@@H]1C. The van der Waals surface area contributed by atoms with Crippen molar-refractivity contribution in [1.82, 2.24) is 0 Å². The van der Waals surface area contributed by atoms with Gasteiger partial charge in [-0.05, 0) is 29.0 Å². The number of carbonyl (C=O) groups is 2. The van der Waals surface area contributed by atoms with E-state index in [2.05, 4.69) is 65.0 Å². The zero-order valence-corrected chi connectivity index (χ0v) is 18.7. The first-order chi connectivity index (χ1) is 12.7. The van der Waals surface area contributed by atoms with Gasteiger partial charge in [0.1, 0.15) is 0 Å². The molecule has 1 aliphatic rings. The third-order valence-electron chi connectivity index (χ3n) is 7.13. The van der Waals surface area contributed by atoms with Crippen LogP contribution in [-0.4, -0.2) is 34.2 Å². The summed E-state index contributed by atoms with van der Waals surface area (Å²) in [5, 5.41) is 1.41. The van der Waals surface area contributed by atoms with Crippen LogP contribution in [0.3, 0.4) is 0 Å². The van der Waals surface area contributed by atoms with Crippen LogP contribution in [0.2, 0.25) is 16.6 Å². The lowest BCUT2D eigenvalue weighted by Gasteiger charge is -2.47. The van der Waals surface area contributed by atoms with Gasteiger partial charge in [-0.3, -0.25) is 9.59 Å². The molecule has 150 valence electrons. The highest BCUT2D eigenvalue weighted by Crippen LogP contribution is 2.59. The molecule has 2 atom stereocenters. The van der Waals surface area contributed by atoms with E-state index in [1.54, 1.807) is 0 Å². The van der Waals surface area contributed by atoms with Gasteiger partial charge in [-0.25, -0.2) is 0 Å². The van der Waals surface area contributed by atoms with Gasteiger partial charge in [-0.15, -0.1) is 0 Å². The van der Waals surface area contributed by atoms with Crippen LogP contribution in [0.15, 0.2) is 30.3 Å². The van der Waals surface area contributed by atoms with Crippen LogP contribution in [0.25, 0.3) is 0 Å². The van der Waals surface area contributed by atoms with Crippen molar-refractivity contribution in [2.24, 2.45) is 11.3 Å². The van der Waals surface area contributed by atoms with Crippen molar-refractivity contribution in [1.29, 1.82) is 0 Å². The fraction of sp³-hybridized carbons (Fsp3) is 0.636. The van der Waals surface area contributed by atoms with E-state index in [9.17, 15) is 9.59 Å². The van der Waals surface area contributed by atoms with Crippen molar-refractivity contribution in [2.45, 2.75) is 64.1 Å². The predicted octanol–water partition coefficient (Wildman–Crippen LogP) is 4.29. The van der Waals surface area contributed by atoms with Crippen molar-refractivity contribution >= 4 is 25.2 Å². The van der Waals surface area contributed by atoms with E-state index < -0.39 is 25.4 Å². The lowest BCUT2D eigenvalue weighted by Crippen LogP contribution is -2.59. The number of benzene rings is 1. The largest absolute Gasteiger partial charge is 0.468 e. The minimum absolute atomic E-state index is 0.117. The van der Waals surface area contributed by atoms with Crippen molar-refractivity contribution in [2.75, 3.05) is 14.2 Å². The molecule has 2 rings (SSSR count). The average molecular weight is 391 g/mol. The highest BCUT2D eigenvalue weighted by molar-refractivity contribution is 6.95. The molecule has 0 radical (unpaired) electrons. The van der Waals surface area contributed by atoms with Gasteiger partial charge < -0.3 is 9.47 Å². The molecule has 1 aliphatic carbocycles. The van der Waals surface area contributed by atoms with Crippen molar-refractivity contribution in [3.05, 3.63) is 30.3 Å². The molecular formula is C22H34O4Si. The zero-order chi connectivity index (χ0) is 20.4. The Labute approximate surface area is 164 Å². The average Bonchev–Trinajstić information content (AvgIpc) is 3.00. The molecule has 0 aliphatic heterocycles. The summed E-state index contributed by atoms with van der Waals surface area (Å²) in [5.74, 6) is -1.02. The van der Waals surface area contributed by atoms with E-state index >= 15 is 0 Å². The lowest BCUT2D eigenvalue weighted by molar-refractivity contribution is -0.171. The molecule has 0 amide bonds. The molecule has 5 heteroatoms. The maximum absolute atomic E-state index is 12.8. The minimum atomic E-state index is -2.08. The number of hydrogen-bond acceptors (Lipinski definition) is 4. The summed E-state index contributed by atoms with van der Waals surface area (Å²) < 4.78 is 10.2. The highest BCUT2D eigenvalue weighted by Gasteiger charge is 2.64. The van der Waals surface area contributed by atoms with Gasteiger partial charge in [0.05, 0.1) is 22.3 Å². The molecule has 0 spiro atoms. The molecule has 0 saturated heterocycles. The Bertz CT molecular complexity index is 644. The van der Waals surface area contributed by atoms with Gasteiger partial charge >= 0.3 is 11.9 Å². The molecule has 0 heterocycles. The van der Waals surface area contributed by atoms with Crippen LogP contribution in [0, 0.1) is 11.3 Å². The Kier molecular flexibility index (Phi) is 6.56. The van der Waals surface area contributed by atoms with Crippen LogP contribution in [0.4, 0.5) is 0 Å². The third kappa shape index (κ3) is 3.14. The third-order valence-corrected chi connectivity index (χ3v) is 14.3. The number of carbonyl (C=O) groups excluding carboxylic acids is 2. The molecule has 1 fully saturated rings. The van der Waals surface area contributed by atoms with Crippen LogP contribution in [-0.2, 0) is 19.1 Å². The Hall–Kier alpha value is -1.62. The van der Waals surface area contributed by atoms with Crippen molar-refractivity contribution in [3.63, 3.8) is 0 Å². The number of esters is 2. The number of methoxy groups -OCH3 is 2. The lowest BCUT2D eigenvalue weighted by atomic mass is 9.78. The topological polar surface area (TPSA) is 52.6 Å². The maximum Gasteiger partial charge on any atom is 0.323 e. The molecule has 0 N–H and O–H groups in total. The summed E-state index contributed by atoms with van der Waals surface area (Å²) in [4.78, 5) is 25.6. The van der Waals surface area contributed by atoms with Crippen LogP contribution >= 0.6 is 0 Å². The number of ether oxygens (including phenoxy) is 2. The van der Waals surface area contributed by atoms with E-state index in [4.69, 9.17) is 9.47 Å². The monoisotopic (exact) mass is 390 g/mol. The van der Waals surface area contributed by atoms with Gasteiger partial charge in [0.25, 0.3) is 0 Å². The minimum Gasteiger partial charge on any atom is -0.468 e. The van der Waals surface area contributed by atoms with E-state index in [0.29, 0.717) is 23.0 Å². The Morgan fingerprint density at radius 2 is 1.48 bits per heavy atom. The molecule has 27 heavy (non-hydrogen) atoms. The fourth-order valence-corrected chi connectivity index (χ4v) is 13.3. The van der Waals surface area contributed by atoms with Crippen molar-refractivity contribution in [3.8, 4) is 0 Å². The zero-order valence-electron chi connectivity index (χ0n) is 17.7. The second-order valence-corrected chi connectivity index (χ2v) is 14.0. The summed E-state index contributed by atoms with van der Waals surface area (Å²) in [6.07, 6.45) is 1.35. The smallest absolute Gasteiger partial charge is 0.323 e. The molecular weight excluding hydrogens is 356 g/mol. The summed E-state index contributed by atoms with van der Waals surface area (Å²) >= 11 is 0. The summed E-state index contributed by atoms with van der Waals surface area (Å²) in [6.45, 7) is 11.3. The Morgan fingerprint density at radius 3 is 1.89 bits per heavy atom. The second-order valence-electron chi connectivity index (χ2n) is 8.50. The Morgan fingerprint density at radius 1 is 1.00 bits per heavy atom. The van der Waals surface area contributed by atoms with E-state index in [1.807, 2.05) is 0 Å². The first-order valence-corrected chi connectivity index (χ1v) is 12.2. The highest BCUT2D eigenvalue weighted by atomic mass is 28.3. The molecule has 4 nitrogen and oxygen atoms in total. The second kappa shape index (κ2) is 8.17. The van der Waals surface area contributed by atoms with Gasteiger partial charge in [0, 0.05) is 0 Å². The van der Waals surface area contributed by atoms with Gasteiger partial charge in [0.15, 0.2) is 5.41 Å². The van der Waals surface area contributed by atoms with Crippen LogP contribution in [0.5, 0.6) is 0 Å². The Balaban J connectivity index is 2.65. The fourth-order valence-electron chi connectivity index (χ4n) is 6.01. The molecule has 1 aromatic rings. The van der Waals surface area contributed by atoms with Crippen LogP contribution < -0.4 is 5.19 Å². The summed E-state index contributed by atoms with van der Waals surface area (Å²) in [5.41, 5.74) is 0.0836. The molecule has 1 saturated carbocycles. The van der Waals surface area contributed by atoms with E-state index in [-0.39, 0.29) is 5.92 Å². The molecule has 0 unspecified atom stereocenters. The molecule has 0 bridgehead atoms. The normalized spacial score (nSPS) is 22.1. The number of hydrogen-bond donors (Lipinski definition) is 0. The predicted molar refractivity (Wildman–Crippen MR) is 111 cm³/mol. The standard InChI is InChI=1S/C22H34O4Si/c1-15(2)27(16(3)4,18-11-9-8-10-12-18)19-13-14-22(17(19)5,20(23)25-6)21(24)26-7/h8-12,15-17,19H,13-14H2,1-7H3/t17-,19-/m0/s1. The maximum atomic E-state index is 12.8. The summed E-state index contributed by atoms with van der Waals surface area (Å²) in [7, 11) is 0.644. The summed E-state index contributed by atoms with van der Waals surface area (Å²) in [6, 6.07) is 10.8. The van der Waals surface area contributed by atoms with Gasteiger partial charge in [-0.2, -0.15) is 0 Å². The van der Waals surface area contributed by atoms with E-state index in [0.717, 1.165) is 6.42 Å². The quantitative estimate of drug-likeness (QED) is 0.413. The molecule has 1 aromatic carbocycles. The first kappa shape index (κ1) is 21.7. The van der Waals surface area contributed by atoms with Crippen LogP contribution in [0.1, 0.15) is 47.5 Å². The molecule has 0 aromatic heterocycles. The first-order valence-electron chi connectivity index (χ1n) is 9.93. The van der Waals surface area contributed by atoms with Gasteiger partial charge in [-0.1, -0.05) is 76.6 Å².